The van der Waals surface area contributed by atoms with E-state index < -0.39 is 0 Å². The van der Waals surface area contributed by atoms with Gasteiger partial charge in [-0.25, -0.2) is 0 Å². The number of nitrogens with zero attached hydrogens (tertiary/aromatic N) is 2. The zero-order chi connectivity index (χ0) is 20.1. The van der Waals surface area contributed by atoms with Crippen LogP contribution in [-0.2, 0) is 13.1 Å². The molecule has 4 rings (SSSR count). The second-order valence-electron chi connectivity index (χ2n) is 6.57. The molecule has 0 saturated heterocycles. The number of aromatic nitrogens is 2. The molecule has 0 fully saturated rings. The van der Waals surface area contributed by atoms with E-state index >= 15 is 0 Å². The Bertz CT molecular complexity index is 1090. The minimum atomic E-state index is -0.143. The lowest BCUT2D eigenvalue weighted by atomic mass is 10.1. The highest BCUT2D eigenvalue weighted by Crippen LogP contribution is 2.26. The Morgan fingerprint density at radius 2 is 1.97 bits per heavy atom. The standard InChI is InChI=1S/C23H21N3O2S/c1-28-19-10-5-9-18(13-19)22-21(23(27)24-14-20-11-6-12-29-20)16-26(25-22)15-17-7-3-2-4-8-17/h2-13,16H,14-15H2,1H3,(H,24,27). The zero-order valence-corrected chi connectivity index (χ0v) is 16.9. The summed E-state index contributed by atoms with van der Waals surface area (Å²) in [5.74, 6) is 0.584. The van der Waals surface area contributed by atoms with Crippen molar-refractivity contribution in [1.82, 2.24) is 15.1 Å². The number of ether oxygens (including phenoxy) is 1. The van der Waals surface area contributed by atoms with E-state index in [9.17, 15) is 4.79 Å². The molecule has 0 saturated carbocycles. The van der Waals surface area contributed by atoms with Gasteiger partial charge in [-0.3, -0.25) is 9.48 Å². The predicted molar refractivity (Wildman–Crippen MR) is 115 cm³/mol. The van der Waals surface area contributed by atoms with Gasteiger partial charge in [-0.05, 0) is 29.1 Å². The van der Waals surface area contributed by atoms with Gasteiger partial charge in [0.2, 0.25) is 0 Å². The average molecular weight is 404 g/mol. The summed E-state index contributed by atoms with van der Waals surface area (Å²) in [6.07, 6.45) is 1.81. The molecule has 1 amide bonds. The maximum absolute atomic E-state index is 13.0. The highest BCUT2D eigenvalue weighted by atomic mass is 32.1. The van der Waals surface area contributed by atoms with Crippen molar-refractivity contribution in [3.8, 4) is 17.0 Å². The Morgan fingerprint density at radius 1 is 1.10 bits per heavy atom. The number of rotatable bonds is 7. The van der Waals surface area contributed by atoms with Crippen LogP contribution in [0, 0.1) is 0 Å². The maximum atomic E-state index is 13.0. The van der Waals surface area contributed by atoms with Crippen LogP contribution in [0.3, 0.4) is 0 Å². The number of methoxy groups -OCH3 is 1. The van der Waals surface area contributed by atoms with E-state index in [1.54, 1.807) is 18.4 Å². The quantitative estimate of drug-likeness (QED) is 0.491. The third-order valence-electron chi connectivity index (χ3n) is 4.54. The van der Waals surface area contributed by atoms with Gasteiger partial charge in [0.1, 0.15) is 11.4 Å². The number of hydrogen-bond donors (Lipinski definition) is 1. The number of benzene rings is 2. The summed E-state index contributed by atoms with van der Waals surface area (Å²) < 4.78 is 7.15. The summed E-state index contributed by atoms with van der Waals surface area (Å²) >= 11 is 1.62. The lowest BCUT2D eigenvalue weighted by molar-refractivity contribution is 0.0952. The van der Waals surface area contributed by atoms with Crippen LogP contribution in [0.4, 0.5) is 0 Å². The first-order valence-electron chi connectivity index (χ1n) is 9.29. The Labute approximate surface area is 173 Å². The topological polar surface area (TPSA) is 56.2 Å². The number of amides is 1. The fourth-order valence-electron chi connectivity index (χ4n) is 3.10. The maximum Gasteiger partial charge on any atom is 0.255 e. The van der Waals surface area contributed by atoms with Crippen LogP contribution in [0.5, 0.6) is 5.75 Å². The second kappa shape index (κ2) is 8.75. The van der Waals surface area contributed by atoms with Gasteiger partial charge in [-0.1, -0.05) is 48.5 Å². The molecule has 0 aliphatic carbocycles. The molecule has 0 aliphatic heterocycles. The fourth-order valence-corrected chi connectivity index (χ4v) is 3.74. The Kier molecular flexibility index (Phi) is 5.72. The van der Waals surface area contributed by atoms with Crippen molar-refractivity contribution in [3.05, 3.63) is 94.3 Å². The monoisotopic (exact) mass is 403 g/mol. The van der Waals surface area contributed by atoms with Crippen molar-refractivity contribution in [2.24, 2.45) is 0 Å². The normalized spacial score (nSPS) is 10.7. The third-order valence-corrected chi connectivity index (χ3v) is 5.42. The Morgan fingerprint density at radius 3 is 2.72 bits per heavy atom. The van der Waals surface area contributed by atoms with Gasteiger partial charge in [0, 0.05) is 16.6 Å². The molecule has 0 atom stereocenters. The SMILES string of the molecule is COc1cccc(-c2nn(Cc3ccccc3)cc2C(=O)NCc2cccs2)c1. The molecule has 146 valence electrons. The smallest absolute Gasteiger partial charge is 0.255 e. The summed E-state index contributed by atoms with van der Waals surface area (Å²) in [5.41, 5.74) is 3.16. The highest BCUT2D eigenvalue weighted by Gasteiger charge is 2.18. The predicted octanol–water partition coefficient (Wildman–Crippen LogP) is 4.60. The Hall–Kier alpha value is -3.38. The van der Waals surface area contributed by atoms with E-state index in [0.717, 1.165) is 21.8 Å². The minimum absolute atomic E-state index is 0.143. The second-order valence-corrected chi connectivity index (χ2v) is 7.60. The lowest BCUT2D eigenvalue weighted by Gasteiger charge is -2.06. The molecular formula is C23H21N3O2S. The van der Waals surface area contributed by atoms with Crippen molar-refractivity contribution in [2.45, 2.75) is 13.1 Å². The number of carbonyl (C=O) groups excluding carboxylic acids is 1. The molecule has 0 aliphatic rings. The van der Waals surface area contributed by atoms with Crippen LogP contribution in [0.25, 0.3) is 11.3 Å². The van der Waals surface area contributed by atoms with E-state index in [1.807, 2.05) is 83.0 Å². The fraction of sp³-hybridized carbons (Fsp3) is 0.130. The van der Waals surface area contributed by atoms with Crippen molar-refractivity contribution in [1.29, 1.82) is 0 Å². The van der Waals surface area contributed by atoms with Crippen molar-refractivity contribution >= 4 is 17.2 Å². The number of thiophene rings is 1. The van der Waals surface area contributed by atoms with Gasteiger partial charge in [-0.15, -0.1) is 11.3 Å². The molecular weight excluding hydrogens is 382 g/mol. The molecule has 6 heteroatoms. The summed E-state index contributed by atoms with van der Waals surface area (Å²) in [4.78, 5) is 14.1. The molecule has 2 aromatic heterocycles. The molecule has 0 bridgehead atoms. The molecule has 0 spiro atoms. The van der Waals surface area contributed by atoms with E-state index in [1.165, 1.54) is 0 Å². The van der Waals surface area contributed by atoms with E-state index in [-0.39, 0.29) is 5.91 Å². The first-order chi connectivity index (χ1) is 14.2. The molecule has 1 N–H and O–H groups in total. The van der Waals surface area contributed by atoms with Crippen LogP contribution in [0.1, 0.15) is 20.8 Å². The van der Waals surface area contributed by atoms with Crippen LogP contribution in [0.15, 0.2) is 78.3 Å². The summed E-state index contributed by atoms with van der Waals surface area (Å²) in [7, 11) is 1.63. The van der Waals surface area contributed by atoms with Crippen molar-refractivity contribution in [2.75, 3.05) is 7.11 Å². The molecule has 4 aromatic rings. The molecule has 2 heterocycles. The van der Waals surface area contributed by atoms with Gasteiger partial charge >= 0.3 is 0 Å². The van der Waals surface area contributed by atoms with E-state index in [0.29, 0.717) is 24.3 Å². The largest absolute Gasteiger partial charge is 0.497 e. The van der Waals surface area contributed by atoms with Crippen LogP contribution in [0.2, 0.25) is 0 Å². The van der Waals surface area contributed by atoms with Crippen LogP contribution in [-0.4, -0.2) is 22.8 Å². The highest BCUT2D eigenvalue weighted by molar-refractivity contribution is 7.09. The van der Waals surface area contributed by atoms with Gasteiger partial charge in [0.25, 0.3) is 5.91 Å². The molecule has 0 radical (unpaired) electrons. The van der Waals surface area contributed by atoms with Crippen LogP contribution < -0.4 is 10.1 Å². The Balaban J connectivity index is 1.65. The minimum Gasteiger partial charge on any atom is -0.497 e. The van der Waals surface area contributed by atoms with Gasteiger partial charge < -0.3 is 10.1 Å². The van der Waals surface area contributed by atoms with Gasteiger partial charge in [0.05, 0.1) is 25.8 Å². The summed E-state index contributed by atoms with van der Waals surface area (Å²) in [6, 6.07) is 21.7. The van der Waals surface area contributed by atoms with Crippen LogP contribution >= 0.6 is 11.3 Å². The molecule has 0 unspecified atom stereocenters. The van der Waals surface area contributed by atoms with Crippen molar-refractivity contribution < 1.29 is 9.53 Å². The number of hydrogen-bond acceptors (Lipinski definition) is 4. The summed E-state index contributed by atoms with van der Waals surface area (Å²) in [5, 5.41) is 9.73. The number of carbonyl (C=O) groups is 1. The third kappa shape index (κ3) is 4.55. The molecule has 5 nitrogen and oxygen atoms in total. The zero-order valence-electron chi connectivity index (χ0n) is 16.0. The first-order valence-corrected chi connectivity index (χ1v) is 10.2. The molecule has 2 aromatic carbocycles. The van der Waals surface area contributed by atoms with E-state index in [2.05, 4.69) is 5.32 Å². The van der Waals surface area contributed by atoms with E-state index in [4.69, 9.17) is 9.84 Å². The summed E-state index contributed by atoms with van der Waals surface area (Å²) in [6.45, 7) is 1.09. The lowest BCUT2D eigenvalue weighted by Crippen LogP contribution is -2.22. The molecule has 29 heavy (non-hydrogen) atoms. The van der Waals surface area contributed by atoms with Crippen molar-refractivity contribution in [3.63, 3.8) is 0 Å². The van der Waals surface area contributed by atoms with Gasteiger partial charge in [0.15, 0.2) is 0 Å². The first kappa shape index (κ1) is 19.0. The average Bonchev–Trinajstić information content (AvgIpc) is 3.43. The number of nitrogens with one attached hydrogen (secondary N) is 1. The van der Waals surface area contributed by atoms with Gasteiger partial charge in [-0.2, -0.15) is 5.10 Å².